The van der Waals surface area contributed by atoms with Crippen molar-refractivity contribution in [1.82, 2.24) is 10.6 Å². The van der Waals surface area contributed by atoms with E-state index in [1.807, 2.05) is 0 Å². The molecule has 0 spiro atoms. The highest BCUT2D eigenvalue weighted by molar-refractivity contribution is 7.80. The van der Waals surface area contributed by atoms with Crippen molar-refractivity contribution in [1.29, 1.82) is 0 Å². The molecule has 0 fully saturated rings. The quantitative estimate of drug-likeness (QED) is 0.726. The lowest BCUT2D eigenvalue weighted by atomic mass is 9.82. The molecule has 2 N–H and O–H groups in total. The summed E-state index contributed by atoms with van der Waals surface area (Å²) in [6.45, 7) is 15.2. The van der Waals surface area contributed by atoms with Gasteiger partial charge < -0.3 is 10.6 Å². The summed E-state index contributed by atoms with van der Waals surface area (Å²) in [5.74, 6) is 1.24. The van der Waals surface area contributed by atoms with Crippen molar-refractivity contribution in [3.63, 3.8) is 0 Å². The van der Waals surface area contributed by atoms with Gasteiger partial charge in [-0.3, -0.25) is 0 Å². The van der Waals surface area contributed by atoms with Gasteiger partial charge in [0.25, 0.3) is 0 Å². The van der Waals surface area contributed by atoms with E-state index in [0.29, 0.717) is 17.3 Å². The van der Waals surface area contributed by atoms with E-state index in [1.54, 1.807) is 0 Å². The maximum atomic E-state index is 5.19. The Morgan fingerprint density at radius 2 is 1.53 bits per heavy atom. The fourth-order valence-electron chi connectivity index (χ4n) is 0.911. The second-order valence-electron chi connectivity index (χ2n) is 5.75. The summed E-state index contributed by atoms with van der Waals surface area (Å²) in [7, 11) is 0. The highest BCUT2D eigenvalue weighted by Gasteiger charge is 2.19. The van der Waals surface area contributed by atoms with E-state index < -0.39 is 0 Å². The Bertz CT molecular complexity index is 194. The molecule has 1 atom stereocenters. The van der Waals surface area contributed by atoms with E-state index >= 15 is 0 Å². The predicted molar refractivity (Wildman–Crippen MR) is 72.1 cm³/mol. The summed E-state index contributed by atoms with van der Waals surface area (Å²) >= 11 is 5.19. The van der Waals surface area contributed by atoms with Crippen LogP contribution in [0.3, 0.4) is 0 Å². The molecule has 90 valence electrons. The summed E-state index contributed by atoms with van der Waals surface area (Å²) in [4.78, 5) is 0. The van der Waals surface area contributed by atoms with E-state index in [2.05, 4.69) is 52.2 Å². The van der Waals surface area contributed by atoms with Gasteiger partial charge in [0.1, 0.15) is 0 Å². The Labute approximate surface area is 100 Å². The molecule has 0 aliphatic rings. The summed E-state index contributed by atoms with van der Waals surface area (Å²) < 4.78 is 0. The minimum absolute atomic E-state index is 0.334. The van der Waals surface area contributed by atoms with Crippen LogP contribution < -0.4 is 10.6 Å². The summed E-state index contributed by atoms with van der Waals surface area (Å²) in [6.07, 6.45) is 0. The van der Waals surface area contributed by atoms with E-state index in [1.165, 1.54) is 0 Å². The zero-order valence-electron chi connectivity index (χ0n) is 11.0. The number of hydrogen-bond donors (Lipinski definition) is 2. The van der Waals surface area contributed by atoms with Crippen molar-refractivity contribution < 1.29 is 0 Å². The first-order valence-corrected chi connectivity index (χ1v) is 6.16. The first-order valence-electron chi connectivity index (χ1n) is 5.75. The molecule has 0 aromatic heterocycles. The standard InChI is InChI=1S/C12H26N2S/c1-9(2)7-13-11(15)14-8-10(3)12(4,5)6/h9-10H,7-8H2,1-6H3,(H2,13,14,15). The van der Waals surface area contributed by atoms with Crippen molar-refractivity contribution in [3.05, 3.63) is 0 Å². The molecule has 0 amide bonds. The number of nitrogens with one attached hydrogen (secondary N) is 2. The Morgan fingerprint density at radius 3 is 1.93 bits per heavy atom. The van der Waals surface area contributed by atoms with E-state index in [9.17, 15) is 0 Å². The van der Waals surface area contributed by atoms with Crippen molar-refractivity contribution in [2.75, 3.05) is 13.1 Å². The normalized spacial score (nSPS) is 13.8. The highest BCUT2D eigenvalue weighted by Crippen LogP contribution is 2.24. The van der Waals surface area contributed by atoms with E-state index in [0.717, 1.165) is 18.2 Å². The fourth-order valence-corrected chi connectivity index (χ4v) is 1.08. The van der Waals surface area contributed by atoms with Crippen LogP contribution in [-0.4, -0.2) is 18.2 Å². The maximum Gasteiger partial charge on any atom is 0.166 e. The number of thiocarbonyl (C=S) groups is 1. The molecule has 0 bridgehead atoms. The molecule has 0 aliphatic carbocycles. The van der Waals surface area contributed by atoms with Crippen LogP contribution in [0.15, 0.2) is 0 Å². The molecule has 15 heavy (non-hydrogen) atoms. The molecule has 0 saturated heterocycles. The summed E-state index contributed by atoms with van der Waals surface area (Å²) in [6, 6.07) is 0. The Morgan fingerprint density at radius 1 is 1.07 bits per heavy atom. The number of rotatable bonds is 4. The minimum atomic E-state index is 0.334. The molecule has 3 heteroatoms. The van der Waals surface area contributed by atoms with Gasteiger partial charge >= 0.3 is 0 Å². The molecule has 0 heterocycles. The third-order valence-corrected chi connectivity index (χ3v) is 3.01. The average Bonchev–Trinajstić information content (AvgIpc) is 2.09. The maximum absolute atomic E-state index is 5.19. The lowest BCUT2D eigenvalue weighted by Crippen LogP contribution is -2.41. The molecule has 0 aromatic carbocycles. The van der Waals surface area contributed by atoms with Crippen molar-refractivity contribution >= 4 is 17.3 Å². The van der Waals surface area contributed by atoms with E-state index in [4.69, 9.17) is 12.2 Å². The monoisotopic (exact) mass is 230 g/mol. The van der Waals surface area contributed by atoms with Crippen molar-refractivity contribution in [3.8, 4) is 0 Å². The van der Waals surface area contributed by atoms with Crippen molar-refractivity contribution in [2.45, 2.75) is 41.5 Å². The van der Waals surface area contributed by atoms with Gasteiger partial charge in [-0.1, -0.05) is 41.5 Å². The summed E-state index contributed by atoms with van der Waals surface area (Å²) in [5, 5.41) is 7.25. The smallest absolute Gasteiger partial charge is 0.166 e. The minimum Gasteiger partial charge on any atom is -0.362 e. The highest BCUT2D eigenvalue weighted by atomic mass is 32.1. The Hall–Kier alpha value is -0.310. The van der Waals surface area contributed by atoms with Gasteiger partial charge in [0.15, 0.2) is 5.11 Å². The van der Waals surface area contributed by atoms with Crippen LogP contribution >= 0.6 is 12.2 Å². The van der Waals surface area contributed by atoms with Crippen LogP contribution in [0.1, 0.15) is 41.5 Å². The van der Waals surface area contributed by atoms with Gasteiger partial charge in [-0.15, -0.1) is 0 Å². The van der Waals surface area contributed by atoms with Gasteiger partial charge in [-0.05, 0) is 29.5 Å². The average molecular weight is 230 g/mol. The third kappa shape index (κ3) is 7.60. The van der Waals surface area contributed by atoms with Gasteiger partial charge in [0, 0.05) is 13.1 Å². The topological polar surface area (TPSA) is 24.1 Å². The van der Waals surface area contributed by atoms with Gasteiger partial charge in [-0.25, -0.2) is 0 Å². The molecular weight excluding hydrogens is 204 g/mol. The summed E-state index contributed by atoms with van der Waals surface area (Å²) in [5.41, 5.74) is 0.334. The Kier molecular flexibility index (Phi) is 6.18. The first kappa shape index (κ1) is 14.7. The molecule has 2 nitrogen and oxygen atoms in total. The fraction of sp³-hybridized carbons (Fsp3) is 0.917. The molecule has 0 radical (unpaired) electrons. The zero-order chi connectivity index (χ0) is 12.1. The second-order valence-corrected chi connectivity index (χ2v) is 6.16. The zero-order valence-corrected chi connectivity index (χ0v) is 11.8. The van der Waals surface area contributed by atoms with Crippen LogP contribution in [0.2, 0.25) is 0 Å². The molecule has 0 rings (SSSR count). The van der Waals surface area contributed by atoms with Gasteiger partial charge in [0.05, 0.1) is 0 Å². The molecule has 0 aliphatic heterocycles. The van der Waals surface area contributed by atoms with Crippen molar-refractivity contribution in [2.24, 2.45) is 17.3 Å². The van der Waals surface area contributed by atoms with Crippen LogP contribution in [0.5, 0.6) is 0 Å². The molecule has 1 unspecified atom stereocenters. The molecular formula is C12H26N2S. The van der Waals surface area contributed by atoms with Crippen LogP contribution in [0, 0.1) is 17.3 Å². The van der Waals surface area contributed by atoms with Gasteiger partial charge in [-0.2, -0.15) is 0 Å². The van der Waals surface area contributed by atoms with E-state index in [-0.39, 0.29) is 0 Å². The number of hydrogen-bond acceptors (Lipinski definition) is 1. The third-order valence-electron chi connectivity index (χ3n) is 2.72. The Balaban J connectivity index is 3.72. The molecule has 0 saturated carbocycles. The first-order chi connectivity index (χ1) is 6.73. The van der Waals surface area contributed by atoms with Crippen LogP contribution in [0.4, 0.5) is 0 Å². The lowest BCUT2D eigenvalue weighted by molar-refractivity contribution is 0.262. The van der Waals surface area contributed by atoms with Gasteiger partial charge in [0.2, 0.25) is 0 Å². The predicted octanol–water partition coefficient (Wildman–Crippen LogP) is 2.79. The van der Waals surface area contributed by atoms with Crippen LogP contribution in [-0.2, 0) is 0 Å². The lowest BCUT2D eigenvalue weighted by Gasteiger charge is -2.28. The largest absolute Gasteiger partial charge is 0.362 e. The second kappa shape index (κ2) is 6.31. The SMILES string of the molecule is CC(C)CNC(=S)NCC(C)C(C)(C)C. The van der Waals surface area contributed by atoms with Crippen LogP contribution in [0.25, 0.3) is 0 Å². The molecule has 0 aromatic rings.